The Morgan fingerprint density at radius 2 is 2.12 bits per heavy atom. The Morgan fingerprint density at radius 1 is 1.29 bits per heavy atom. The second-order valence-corrected chi connectivity index (χ2v) is 4.24. The molecule has 2 aromatic heterocycles. The fraction of sp³-hybridized carbons (Fsp3) is 0.417. The molecule has 3 heterocycles. The van der Waals surface area contributed by atoms with Gasteiger partial charge in [0.1, 0.15) is 5.82 Å². The van der Waals surface area contributed by atoms with E-state index in [2.05, 4.69) is 20.0 Å². The molecule has 0 saturated carbocycles. The first-order valence-electron chi connectivity index (χ1n) is 5.84. The molecule has 0 N–H and O–H groups in total. The van der Waals surface area contributed by atoms with Crippen molar-refractivity contribution in [2.45, 2.75) is 19.8 Å². The molecule has 0 atom stereocenters. The molecule has 0 radical (unpaired) electrons. The van der Waals surface area contributed by atoms with E-state index in [1.165, 1.54) is 12.8 Å². The second-order valence-electron chi connectivity index (χ2n) is 4.24. The van der Waals surface area contributed by atoms with Gasteiger partial charge in [-0.15, -0.1) is 0 Å². The highest BCUT2D eigenvalue weighted by molar-refractivity contribution is 5.58. The van der Waals surface area contributed by atoms with Crippen LogP contribution in [0.1, 0.15) is 18.7 Å². The summed E-state index contributed by atoms with van der Waals surface area (Å²) in [5.74, 6) is 2.21. The smallest absolute Gasteiger partial charge is 0.258 e. The number of hydrogen-bond acceptors (Lipinski definition) is 5. The summed E-state index contributed by atoms with van der Waals surface area (Å²) in [6.07, 6.45) is 4.28. The second kappa shape index (κ2) is 4.16. The van der Waals surface area contributed by atoms with Crippen LogP contribution in [0.2, 0.25) is 0 Å². The minimum Gasteiger partial charge on any atom is -0.357 e. The normalized spacial score (nSPS) is 15.5. The van der Waals surface area contributed by atoms with Gasteiger partial charge in [0.05, 0.1) is 0 Å². The Kier molecular flexibility index (Phi) is 2.51. The van der Waals surface area contributed by atoms with Crippen LogP contribution in [0.5, 0.6) is 0 Å². The van der Waals surface area contributed by atoms with Crippen LogP contribution in [0, 0.1) is 6.92 Å². The number of aryl methyl sites for hydroxylation is 1. The molecule has 1 aliphatic heterocycles. The number of hydrogen-bond donors (Lipinski definition) is 0. The fourth-order valence-electron chi connectivity index (χ4n) is 2.08. The lowest BCUT2D eigenvalue weighted by Crippen LogP contribution is -2.18. The van der Waals surface area contributed by atoms with Crippen LogP contribution >= 0.6 is 0 Å². The molecule has 88 valence electrons. The van der Waals surface area contributed by atoms with E-state index < -0.39 is 0 Å². The average molecular weight is 230 g/mol. The quantitative estimate of drug-likeness (QED) is 0.790. The molecule has 0 aliphatic carbocycles. The molecule has 0 amide bonds. The average Bonchev–Trinajstić information content (AvgIpc) is 3.00. The maximum Gasteiger partial charge on any atom is 0.258 e. The summed E-state index contributed by atoms with van der Waals surface area (Å²) in [5.41, 5.74) is 0.933. The van der Waals surface area contributed by atoms with E-state index in [0.29, 0.717) is 11.7 Å². The summed E-state index contributed by atoms with van der Waals surface area (Å²) in [7, 11) is 0. The Bertz CT molecular complexity index is 517. The third-order valence-electron chi connectivity index (χ3n) is 2.95. The number of aromatic nitrogens is 3. The number of nitrogens with zero attached hydrogens (tertiary/aromatic N) is 4. The SMILES string of the molecule is Cc1noc(-c2ccnc(N3CCCC3)c2)n1. The van der Waals surface area contributed by atoms with Gasteiger partial charge >= 0.3 is 0 Å². The third-order valence-corrected chi connectivity index (χ3v) is 2.95. The van der Waals surface area contributed by atoms with Crippen molar-refractivity contribution in [3.8, 4) is 11.5 Å². The first-order valence-corrected chi connectivity index (χ1v) is 5.84. The Morgan fingerprint density at radius 3 is 2.82 bits per heavy atom. The maximum atomic E-state index is 5.16. The van der Waals surface area contributed by atoms with Crippen LogP contribution in [0.4, 0.5) is 5.82 Å². The maximum absolute atomic E-state index is 5.16. The molecule has 0 unspecified atom stereocenters. The zero-order valence-corrected chi connectivity index (χ0v) is 9.76. The van der Waals surface area contributed by atoms with Gasteiger partial charge in [-0.25, -0.2) is 4.98 Å². The highest BCUT2D eigenvalue weighted by atomic mass is 16.5. The van der Waals surface area contributed by atoms with Crippen molar-refractivity contribution >= 4 is 5.82 Å². The zero-order valence-electron chi connectivity index (χ0n) is 9.76. The predicted octanol–water partition coefficient (Wildman–Crippen LogP) is 2.04. The summed E-state index contributed by atoms with van der Waals surface area (Å²) >= 11 is 0. The highest BCUT2D eigenvalue weighted by Crippen LogP contribution is 2.23. The van der Waals surface area contributed by atoms with E-state index in [9.17, 15) is 0 Å². The third kappa shape index (κ3) is 2.00. The molecular weight excluding hydrogens is 216 g/mol. The van der Waals surface area contributed by atoms with Crippen molar-refractivity contribution in [2.75, 3.05) is 18.0 Å². The summed E-state index contributed by atoms with van der Waals surface area (Å²) in [6.45, 7) is 3.98. The van der Waals surface area contributed by atoms with Crippen LogP contribution in [-0.4, -0.2) is 28.2 Å². The van der Waals surface area contributed by atoms with Crippen molar-refractivity contribution in [3.63, 3.8) is 0 Å². The lowest BCUT2D eigenvalue weighted by atomic mass is 10.2. The minimum absolute atomic E-state index is 0.561. The molecule has 1 fully saturated rings. The van der Waals surface area contributed by atoms with E-state index in [1.54, 1.807) is 6.20 Å². The molecule has 0 aromatic carbocycles. The van der Waals surface area contributed by atoms with Crippen molar-refractivity contribution in [1.29, 1.82) is 0 Å². The van der Waals surface area contributed by atoms with Gasteiger partial charge in [-0.3, -0.25) is 0 Å². The molecule has 5 heteroatoms. The van der Waals surface area contributed by atoms with Gasteiger partial charge in [0.2, 0.25) is 0 Å². The lowest BCUT2D eigenvalue weighted by molar-refractivity contribution is 0.425. The molecule has 0 spiro atoms. The van der Waals surface area contributed by atoms with E-state index in [4.69, 9.17) is 4.52 Å². The summed E-state index contributed by atoms with van der Waals surface area (Å²) in [4.78, 5) is 10.9. The molecule has 2 aromatic rings. The summed E-state index contributed by atoms with van der Waals surface area (Å²) in [6, 6.07) is 3.91. The van der Waals surface area contributed by atoms with Crippen LogP contribution in [-0.2, 0) is 0 Å². The first-order chi connectivity index (χ1) is 8.33. The molecule has 1 aliphatic rings. The van der Waals surface area contributed by atoms with Crippen LogP contribution in [0.25, 0.3) is 11.5 Å². The van der Waals surface area contributed by atoms with Crippen molar-refractivity contribution in [3.05, 3.63) is 24.2 Å². The number of rotatable bonds is 2. The van der Waals surface area contributed by atoms with Crippen molar-refractivity contribution in [2.24, 2.45) is 0 Å². The molecule has 5 nitrogen and oxygen atoms in total. The Labute approximate surface area is 99.5 Å². The summed E-state index contributed by atoms with van der Waals surface area (Å²) < 4.78 is 5.16. The molecule has 0 bridgehead atoms. The Hall–Kier alpha value is -1.91. The molecule has 1 saturated heterocycles. The number of anilines is 1. The van der Waals surface area contributed by atoms with Gasteiger partial charge in [0.25, 0.3) is 5.89 Å². The van der Waals surface area contributed by atoms with Gasteiger partial charge < -0.3 is 9.42 Å². The standard InChI is InChI=1S/C12H14N4O/c1-9-14-12(17-15-9)10-4-5-13-11(8-10)16-6-2-3-7-16/h4-5,8H,2-3,6-7H2,1H3. The number of pyridine rings is 1. The van der Waals surface area contributed by atoms with E-state index >= 15 is 0 Å². The topological polar surface area (TPSA) is 55.1 Å². The monoisotopic (exact) mass is 230 g/mol. The Balaban J connectivity index is 1.93. The van der Waals surface area contributed by atoms with Crippen LogP contribution in [0.15, 0.2) is 22.9 Å². The van der Waals surface area contributed by atoms with E-state index in [0.717, 1.165) is 24.5 Å². The minimum atomic E-state index is 0.561. The summed E-state index contributed by atoms with van der Waals surface area (Å²) in [5, 5.41) is 3.80. The zero-order chi connectivity index (χ0) is 11.7. The van der Waals surface area contributed by atoms with Gasteiger partial charge in [0, 0.05) is 24.8 Å². The molecule has 3 rings (SSSR count). The van der Waals surface area contributed by atoms with Gasteiger partial charge in [-0.05, 0) is 31.9 Å². The predicted molar refractivity (Wildman–Crippen MR) is 63.7 cm³/mol. The van der Waals surface area contributed by atoms with E-state index in [-0.39, 0.29) is 0 Å². The molecule has 17 heavy (non-hydrogen) atoms. The van der Waals surface area contributed by atoms with Crippen LogP contribution < -0.4 is 4.90 Å². The van der Waals surface area contributed by atoms with Crippen LogP contribution in [0.3, 0.4) is 0 Å². The van der Waals surface area contributed by atoms with Gasteiger partial charge in [-0.2, -0.15) is 4.98 Å². The van der Waals surface area contributed by atoms with Gasteiger partial charge in [0.15, 0.2) is 5.82 Å². The van der Waals surface area contributed by atoms with Gasteiger partial charge in [-0.1, -0.05) is 5.16 Å². The first kappa shape index (κ1) is 10.3. The highest BCUT2D eigenvalue weighted by Gasteiger charge is 2.15. The fourth-order valence-corrected chi connectivity index (χ4v) is 2.08. The molecular formula is C12H14N4O. The lowest BCUT2D eigenvalue weighted by Gasteiger charge is -2.16. The van der Waals surface area contributed by atoms with E-state index in [1.807, 2.05) is 19.1 Å². The van der Waals surface area contributed by atoms with Crippen molar-refractivity contribution in [1.82, 2.24) is 15.1 Å². The van der Waals surface area contributed by atoms with Crippen molar-refractivity contribution < 1.29 is 4.52 Å². The largest absolute Gasteiger partial charge is 0.357 e.